The van der Waals surface area contributed by atoms with Gasteiger partial charge in [0.2, 0.25) is 5.91 Å². The SMILES string of the molecule is NC1(C(=O)N(CC2CC2)CC2CC2)CCCCC1. The second kappa shape index (κ2) is 4.84. The molecule has 18 heavy (non-hydrogen) atoms. The summed E-state index contributed by atoms with van der Waals surface area (Å²) in [5.74, 6) is 1.82. The molecule has 2 N–H and O–H groups in total. The third kappa shape index (κ3) is 2.87. The number of amides is 1. The molecular formula is C15H26N2O. The smallest absolute Gasteiger partial charge is 0.242 e. The van der Waals surface area contributed by atoms with Gasteiger partial charge in [0.1, 0.15) is 0 Å². The van der Waals surface area contributed by atoms with Gasteiger partial charge in [-0.25, -0.2) is 0 Å². The zero-order chi connectivity index (χ0) is 12.6. The fourth-order valence-electron chi connectivity index (χ4n) is 3.18. The molecule has 3 nitrogen and oxygen atoms in total. The molecule has 0 bridgehead atoms. The van der Waals surface area contributed by atoms with E-state index in [2.05, 4.69) is 4.90 Å². The van der Waals surface area contributed by atoms with Gasteiger partial charge >= 0.3 is 0 Å². The summed E-state index contributed by atoms with van der Waals surface area (Å²) in [5, 5.41) is 0. The summed E-state index contributed by atoms with van der Waals surface area (Å²) in [6.07, 6.45) is 10.6. The van der Waals surface area contributed by atoms with E-state index >= 15 is 0 Å². The van der Waals surface area contributed by atoms with Gasteiger partial charge in [-0.15, -0.1) is 0 Å². The maximum absolute atomic E-state index is 12.7. The molecule has 0 aromatic heterocycles. The quantitative estimate of drug-likeness (QED) is 0.814. The molecule has 3 rings (SSSR count). The van der Waals surface area contributed by atoms with Crippen molar-refractivity contribution < 1.29 is 4.79 Å². The van der Waals surface area contributed by atoms with Crippen molar-refractivity contribution in [3.05, 3.63) is 0 Å². The molecule has 0 heterocycles. The Balaban J connectivity index is 1.64. The molecule has 3 aliphatic rings. The highest BCUT2D eigenvalue weighted by molar-refractivity contribution is 5.86. The van der Waals surface area contributed by atoms with Crippen molar-refractivity contribution in [2.45, 2.75) is 63.3 Å². The fourth-order valence-corrected chi connectivity index (χ4v) is 3.18. The average molecular weight is 250 g/mol. The van der Waals surface area contributed by atoms with E-state index in [1.165, 1.54) is 32.1 Å². The third-order valence-electron chi connectivity index (χ3n) is 4.81. The highest BCUT2D eigenvalue weighted by Gasteiger charge is 2.41. The van der Waals surface area contributed by atoms with E-state index in [-0.39, 0.29) is 5.91 Å². The number of nitrogens with two attached hydrogens (primary N) is 1. The standard InChI is InChI=1S/C15H26N2O/c16-15(8-2-1-3-9-15)14(18)17(10-12-4-5-12)11-13-6-7-13/h12-13H,1-11,16H2. The first kappa shape index (κ1) is 12.5. The summed E-state index contributed by atoms with van der Waals surface area (Å²) in [6, 6.07) is 0. The number of carbonyl (C=O) groups excluding carboxylic acids is 1. The molecule has 0 aromatic rings. The lowest BCUT2D eigenvalue weighted by molar-refractivity contribution is -0.138. The molecule has 0 aromatic carbocycles. The molecular weight excluding hydrogens is 224 g/mol. The van der Waals surface area contributed by atoms with Crippen molar-refractivity contribution in [3.8, 4) is 0 Å². The van der Waals surface area contributed by atoms with Crippen molar-refractivity contribution in [1.82, 2.24) is 4.90 Å². The second-order valence-corrected chi connectivity index (χ2v) is 6.81. The summed E-state index contributed by atoms with van der Waals surface area (Å²) in [5.41, 5.74) is 5.88. The van der Waals surface area contributed by atoms with E-state index in [1.807, 2.05) is 0 Å². The van der Waals surface area contributed by atoms with Crippen LogP contribution >= 0.6 is 0 Å². The Morgan fingerprint density at radius 2 is 1.50 bits per heavy atom. The number of hydrogen-bond acceptors (Lipinski definition) is 2. The minimum absolute atomic E-state index is 0.265. The van der Waals surface area contributed by atoms with Crippen molar-refractivity contribution in [3.63, 3.8) is 0 Å². The largest absolute Gasteiger partial charge is 0.341 e. The van der Waals surface area contributed by atoms with E-state index in [0.717, 1.165) is 50.6 Å². The fraction of sp³-hybridized carbons (Fsp3) is 0.933. The molecule has 0 saturated heterocycles. The number of carbonyl (C=O) groups is 1. The maximum Gasteiger partial charge on any atom is 0.242 e. The molecule has 3 fully saturated rings. The zero-order valence-electron chi connectivity index (χ0n) is 11.4. The Hall–Kier alpha value is -0.570. The summed E-state index contributed by atoms with van der Waals surface area (Å²) >= 11 is 0. The molecule has 0 aliphatic heterocycles. The minimum atomic E-state index is -0.526. The van der Waals surface area contributed by atoms with E-state index < -0.39 is 5.54 Å². The van der Waals surface area contributed by atoms with Gasteiger partial charge in [0, 0.05) is 13.1 Å². The van der Waals surface area contributed by atoms with Gasteiger partial charge in [0.25, 0.3) is 0 Å². The van der Waals surface area contributed by atoms with Crippen LogP contribution in [0.3, 0.4) is 0 Å². The summed E-state index contributed by atoms with van der Waals surface area (Å²) in [6.45, 7) is 1.96. The molecule has 3 heteroatoms. The van der Waals surface area contributed by atoms with E-state index in [9.17, 15) is 4.79 Å². The molecule has 0 radical (unpaired) electrons. The van der Waals surface area contributed by atoms with Gasteiger partial charge in [-0.3, -0.25) is 4.79 Å². The molecule has 3 saturated carbocycles. The van der Waals surface area contributed by atoms with Crippen molar-refractivity contribution in [1.29, 1.82) is 0 Å². The lowest BCUT2D eigenvalue weighted by Crippen LogP contribution is -2.57. The van der Waals surface area contributed by atoms with Gasteiger partial charge in [-0.2, -0.15) is 0 Å². The van der Waals surface area contributed by atoms with Crippen molar-refractivity contribution in [2.24, 2.45) is 17.6 Å². The van der Waals surface area contributed by atoms with Crippen LogP contribution in [0.5, 0.6) is 0 Å². The van der Waals surface area contributed by atoms with Crippen LogP contribution < -0.4 is 5.73 Å². The lowest BCUT2D eigenvalue weighted by Gasteiger charge is -2.37. The van der Waals surface area contributed by atoms with Crippen LogP contribution in [0.15, 0.2) is 0 Å². The average Bonchev–Trinajstić information content (AvgIpc) is 3.23. The van der Waals surface area contributed by atoms with E-state index in [4.69, 9.17) is 5.73 Å². The summed E-state index contributed by atoms with van der Waals surface area (Å²) in [4.78, 5) is 14.9. The maximum atomic E-state index is 12.7. The number of nitrogens with zero attached hydrogens (tertiary/aromatic N) is 1. The Kier molecular flexibility index (Phi) is 3.35. The Morgan fingerprint density at radius 3 is 1.94 bits per heavy atom. The lowest BCUT2D eigenvalue weighted by atomic mass is 9.81. The molecule has 3 aliphatic carbocycles. The number of rotatable bonds is 5. The van der Waals surface area contributed by atoms with Crippen LogP contribution in [0.1, 0.15) is 57.8 Å². The Labute approximate surface area is 110 Å². The Bertz CT molecular complexity index is 300. The minimum Gasteiger partial charge on any atom is -0.341 e. The molecule has 0 spiro atoms. The summed E-state index contributed by atoms with van der Waals surface area (Å²) < 4.78 is 0. The van der Waals surface area contributed by atoms with E-state index in [1.54, 1.807) is 0 Å². The van der Waals surface area contributed by atoms with Crippen molar-refractivity contribution >= 4 is 5.91 Å². The van der Waals surface area contributed by atoms with Gasteiger partial charge in [-0.1, -0.05) is 19.3 Å². The predicted molar refractivity (Wildman–Crippen MR) is 72.0 cm³/mol. The number of hydrogen-bond donors (Lipinski definition) is 1. The van der Waals surface area contributed by atoms with Gasteiger partial charge in [-0.05, 0) is 50.4 Å². The summed E-state index contributed by atoms with van der Waals surface area (Å²) in [7, 11) is 0. The molecule has 1 amide bonds. The monoisotopic (exact) mass is 250 g/mol. The van der Waals surface area contributed by atoms with Crippen molar-refractivity contribution in [2.75, 3.05) is 13.1 Å². The first-order valence-electron chi connectivity index (χ1n) is 7.76. The highest BCUT2D eigenvalue weighted by atomic mass is 16.2. The Morgan fingerprint density at radius 1 is 1.00 bits per heavy atom. The first-order chi connectivity index (χ1) is 8.67. The first-order valence-corrected chi connectivity index (χ1v) is 7.76. The molecule has 102 valence electrons. The van der Waals surface area contributed by atoms with Gasteiger partial charge < -0.3 is 10.6 Å². The highest BCUT2D eigenvalue weighted by Crippen LogP contribution is 2.36. The predicted octanol–water partition coefficient (Wildman–Crippen LogP) is 2.30. The second-order valence-electron chi connectivity index (χ2n) is 6.81. The van der Waals surface area contributed by atoms with Crippen LogP contribution in [0, 0.1) is 11.8 Å². The van der Waals surface area contributed by atoms with Crippen LogP contribution in [-0.2, 0) is 4.79 Å². The van der Waals surface area contributed by atoms with Crippen LogP contribution in [0.2, 0.25) is 0 Å². The van der Waals surface area contributed by atoms with E-state index in [0.29, 0.717) is 0 Å². The van der Waals surface area contributed by atoms with Gasteiger partial charge in [0.05, 0.1) is 5.54 Å². The topological polar surface area (TPSA) is 46.3 Å². The normalized spacial score (nSPS) is 26.9. The third-order valence-corrected chi connectivity index (χ3v) is 4.81. The molecule has 0 unspecified atom stereocenters. The van der Waals surface area contributed by atoms with Gasteiger partial charge in [0.15, 0.2) is 0 Å². The zero-order valence-corrected chi connectivity index (χ0v) is 11.4. The van der Waals surface area contributed by atoms with Crippen LogP contribution in [-0.4, -0.2) is 29.4 Å². The molecule has 0 atom stereocenters. The van der Waals surface area contributed by atoms with Crippen LogP contribution in [0.4, 0.5) is 0 Å². The van der Waals surface area contributed by atoms with Crippen LogP contribution in [0.25, 0.3) is 0 Å².